The van der Waals surface area contributed by atoms with E-state index < -0.39 is 23.9 Å². The Hall–Kier alpha value is -3.01. The lowest BCUT2D eigenvalue weighted by molar-refractivity contribution is -0.141. The van der Waals surface area contributed by atoms with Crippen LogP contribution in [0.1, 0.15) is 11.7 Å². The minimum absolute atomic E-state index is 0.0367. The van der Waals surface area contributed by atoms with Crippen molar-refractivity contribution in [3.05, 3.63) is 58.5 Å². The van der Waals surface area contributed by atoms with Crippen molar-refractivity contribution in [2.75, 3.05) is 60.5 Å². The van der Waals surface area contributed by atoms with E-state index in [4.69, 9.17) is 0 Å². The van der Waals surface area contributed by atoms with Gasteiger partial charge >= 0.3 is 0 Å². The summed E-state index contributed by atoms with van der Waals surface area (Å²) in [4.78, 5) is 48.8. The maximum absolute atomic E-state index is 14.0. The summed E-state index contributed by atoms with van der Waals surface area (Å²) < 4.78 is 1.73. The van der Waals surface area contributed by atoms with E-state index in [0.29, 0.717) is 24.3 Å². The zero-order valence-electron chi connectivity index (χ0n) is 21.2. The number of aliphatic hydroxyl groups is 1. The smallest absolute Gasteiger partial charge is 0.258 e. The number of pyridine rings is 1. The summed E-state index contributed by atoms with van der Waals surface area (Å²) in [6, 6.07) is 12.2. The molecule has 2 bridgehead atoms. The van der Waals surface area contributed by atoms with Crippen LogP contribution in [0, 0.1) is 11.8 Å². The van der Waals surface area contributed by atoms with Gasteiger partial charge in [0.1, 0.15) is 0 Å². The number of benzene rings is 1. The van der Waals surface area contributed by atoms with Crippen LogP contribution in [0.5, 0.6) is 0 Å². The SMILES string of the molecule is CN(C)CC(=O)N1[C@@H]2Cn3c(ccc(-c4ccccc4)c3=O)[C@H]1[C@@H](C(=O)N1CCN(C)CC1)[C@@H]2CO. The summed E-state index contributed by atoms with van der Waals surface area (Å²) in [7, 11) is 5.71. The summed E-state index contributed by atoms with van der Waals surface area (Å²) >= 11 is 0. The van der Waals surface area contributed by atoms with Crippen LogP contribution in [0.25, 0.3) is 11.1 Å². The molecule has 2 saturated heterocycles. The normalized spacial score (nSPS) is 25.8. The number of amides is 2. The van der Waals surface area contributed by atoms with Crippen LogP contribution >= 0.6 is 0 Å². The van der Waals surface area contributed by atoms with Crippen LogP contribution in [0.2, 0.25) is 0 Å². The molecule has 2 amide bonds. The van der Waals surface area contributed by atoms with Crippen molar-refractivity contribution in [2.24, 2.45) is 11.8 Å². The summed E-state index contributed by atoms with van der Waals surface area (Å²) in [5, 5.41) is 10.5. The number of fused-ring (bicyclic) bond motifs is 4. The van der Waals surface area contributed by atoms with Crippen molar-refractivity contribution < 1.29 is 14.7 Å². The molecule has 0 radical (unpaired) electrons. The van der Waals surface area contributed by atoms with Gasteiger partial charge in [0.05, 0.1) is 24.5 Å². The number of hydrogen-bond acceptors (Lipinski definition) is 6. The van der Waals surface area contributed by atoms with Gasteiger partial charge in [0.15, 0.2) is 0 Å². The maximum Gasteiger partial charge on any atom is 0.258 e. The Morgan fingerprint density at radius 1 is 1.03 bits per heavy atom. The molecule has 0 spiro atoms. The van der Waals surface area contributed by atoms with Crippen molar-refractivity contribution in [1.82, 2.24) is 24.2 Å². The van der Waals surface area contributed by atoms with Gasteiger partial charge in [-0.25, -0.2) is 0 Å². The number of aliphatic hydroxyl groups excluding tert-OH is 1. The molecule has 3 aliphatic rings. The van der Waals surface area contributed by atoms with Gasteiger partial charge in [-0.05, 0) is 38.8 Å². The molecule has 9 nitrogen and oxygen atoms in total. The van der Waals surface area contributed by atoms with Crippen LogP contribution in [0.3, 0.4) is 0 Å². The molecule has 2 aromatic rings. The molecule has 192 valence electrons. The van der Waals surface area contributed by atoms with E-state index in [0.717, 1.165) is 18.7 Å². The standard InChI is InChI=1S/C27H35N5O4/c1-28(2)16-23(34)32-22-15-31-21(10-9-19(26(31)35)18-7-5-4-6-8-18)25(32)24(20(22)17-33)27(36)30-13-11-29(3)12-14-30/h4-10,20,22,24-25,33H,11-17H2,1-3H3/t20-,22-,24+,25+/m1/s1. The monoisotopic (exact) mass is 493 g/mol. The number of likely N-dealkylation sites (N-methyl/N-ethyl adjacent to an activating group) is 2. The Bertz CT molecular complexity index is 1190. The van der Waals surface area contributed by atoms with Gasteiger partial charge in [-0.3, -0.25) is 14.4 Å². The lowest BCUT2D eigenvalue weighted by atomic mass is 9.86. The number of aromatic nitrogens is 1. The highest BCUT2D eigenvalue weighted by Crippen LogP contribution is 2.49. The Kier molecular flexibility index (Phi) is 6.72. The fourth-order valence-corrected chi connectivity index (χ4v) is 6.16. The summed E-state index contributed by atoms with van der Waals surface area (Å²) in [5.41, 5.74) is 1.97. The van der Waals surface area contributed by atoms with E-state index in [9.17, 15) is 19.5 Å². The van der Waals surface area contributed by atoms with Gasteiger partial charge in [-0.2, -0.15) is 0 Å². The zero-order chi connectivity index (χ0) is 25.6. The summed E-state index contributed by atoms with van der Waals surface area (Å²) in [6.45, 7) is 3.06. The topological polar surface area (TPSA) is 89.3 Å². The molecule has 1 N–H and O–H groups in total. The van der Waals surface area contributed by atoms with Gasteiger partial charge in [0.2, 0.25) is 11.8 Å². The Balaban J connectivity index is 1.60. The first-order chi connectivity index (χ1) is 17.3. The third-order valence-electron chi connectivity index (χ3n) is 7.97. The van der Waals surface area contributed by atoms with Crippen LogP contribution in [-0.4, -0.2) is 108 Å². The molecule has 0 aliphatic carbocycles. The molecular formula is C27H35N5O4. The van der Waals surface area contributed by atoms with E-state index in [1.165, 1.54) is 0 Å². The first-order valence-corrected chi connectivity index (χ1v) is 12.6. The van der Waals surface area contributed by atoms with Gasteiger partial charge in [0, 0.05) is 56.5 Å². The van der Waals surface area contributed by atoms with E-state index in [-0.39, 0.29) is 37.1 Å². The molecule has 0 saturated carbocycles. The fraction of sp³-hybridized carbons (Fsp3) is 0.519. The van der Waals surface area contributed by atoms with Gasteiger partial charge in [0.25, 0.3) is 5.56 Å². The lowest BCUT2D eigenvalue weighted by Crippen LogP contribution is -2.52. The second-order valence-electron chi connectivity index (χ2n) is 10.5. The average molecular weight is 494 g/mol. The number of nitrogens with zero attached hydrogens (tertiary/aromatic N) is 5. The van der Waals surface area contributed by atoms with Crippen LogP contribution in [0.15, 0.2) is 47.3 Å². The van der Waals surface area contributed by atoms with E-state index in [2.05, 4.69) is 4.90 Å². The molecule has 5 rings (SSSR count). The second kappa shape index (κ2) is 9.80. The predicted molar refractivity (Wildman–Crippen MR) is 136 cm³/mol. The van der Waals surface area contributed by atoms with E-state index in [1.807, 2.05) is 73.4 Å². The molecule has 3 aliphatic heterocycles. The molecule has 1 aromatic heterocycles. The largest absolute Gasteiger partial charge is 0.396 e. The summed E-state index contributed by atoms with van der Waals surface area (Å²) in [6.07, 6.45) is 0. The van der Waals surface area contributed by atoms with E-state index >= 15 is 0 Å². The molecule has 0 unspecified atom stereocenters. The predicted octanol–water partition coefficient (Wildman–Crippen LogP) is 0.341. The quantitative estimate of drug-likeness (QED) is 0.646. The maximum atomic E-state index is 14.0. The lowest BCUT2D eigenvalue weighted by Gasteiger charge is -2.39. The molecular weight excluding hydrogens is 458 g/mol. The van der Waals surface area contributed by atoms with Gasteiger partial charge < -0.3 is 29.3 Å². The zero-order valence-corrected chi connectivity index (χ0v) is 21.2. The number of hydrogen-bond donors (Lipinski definition) is 1. The highest BCUT2D eigenvalue weighted by atomic mass is 16.3. The highest BCUT2D eigenvalue weighted by molar-refractivity contribution is 5.85. The Labute approximate surface area is 211 Å². The van der Waals surface area contributed by atoms with E-state index in [1.54, 1.807) is 9.47 Å². The van der Waals surface area contributed by atoms with Crippen molar-refractivity contribution in [3.8, 4) is 11.1 Å². The molecule has 2 fully saturated rings. The third kappa shape index (κ3) is 4.15. The molecule has 1 aromatic carbocycles. The number of carbonyl (C=O) groups is 2. The van der Waals surface area contributed by atoms with Crippen LogP contribution in [0.4, 0.5) is 0 Å². The minimum atomic E-state index is -0.592. The average Bonchev–Trinajstić information content (AvgIpc) is 3.11. The molecule has 9 heteroatoms. The number of piperazine rings is 1. The van der Waals surface area contributed by atoms with Crippen LogP contribution < -0.4 is 5.56 Å². The molecule has 36 heavy (non-hydrogen) atoms. The Morgan fingerprint density at radius 2 is 1.72 bits per heavy atom. The Morgan fingerprint density at radius 3 is 2.36 bits per heavy atom. The van der Waals surface area contributed by atoms with Crippen molar-refractivity contribution in [2.45, 2.75) is 18.6 Å². The third-order valence-corrected chi connectivity index (χ3v) is 7.97. The summed E-state index contributed by atoms with van der Waals surface area (Å²) in [5.74, 6) is -1.16. The minimum Gasteiger partial charge on any atom is -0.396 e. The van der Waals surface area contributed by atoms with Gasteiger partial charge in [-0.15, -0.1) is 0 Å². The van der Waals surface area contributed by atoms with Crippen molar-refractivity contribution >= 4 is 11.8 Å². The first kappa shape index (κ1) is 24.7. The second-order valence-corrected chi connectivity index (χ2v) is 10.5. The highest BCUT2D eigenvalue weighted by Gasteiger charge is 2.58. The molecule has 4 heterocycles. The fourth-order valence-electron chi connectivity index (χ4n) is 6.16. The number of carbonyl (C=O) groups excluding carboxylic acids is 2. The number of rotatable bonds is 5. The van der Waals surface area contributed by atoms with Gasteiger partial charge in [-0.1, -0.05) is 30.3 Å². The molecule has 4 atom stereocenters. The van der Waals surface area contributed by atoms with Crippen molar-refractivity contribution in [1.29, 1.82) is 0 Å². The van der Waals surface area contributed by atoms with Crippen LogP contribution in [-0.2, 0) is 16.1 Å². The van der Waals surface area contributed by atoms with Crippen molar-refractivity contribution in [3.63, 3.8) is 0 Å². The first-order valence-electron chi connectivity index (χ1n) is 12.6.